The molecule has 0 spiro atoms. The number of hydrogen-bond donors (Lipinski definition) is 7. The molecule has 3 heterocycles. The summed E-state index contributed by atoms with van der Waals surface area (Å²) < 4.78 is 38.0. The zero-order valence-electron chi connectivity index (χ0n) is 40.6. The number of aliphatic hydroxyl groups excluding tert-OH is 3. The average molecular weight is 911 g/mol. The van der Waals surface area contributed by atoms with Crippen molar-refractivity contribution in [3.05, 3.63) is 35.9 Å². The second-order valence-corrected chi connectivity index (χ2v) is 19.8. The summed E-state index contributed by atoms with van der Waals surface area (Å²) in [7, 11) is 5.24. The summed E-state index contributed by atoms with van der Waals surface area (Å²) in [5.74, 6) is -2.92. The molecule has 7 N–H and O–H groups in total. The van der Waals surface area contributed by atoms with Crippen molar-refractivity contribution in [3.63, 3.8) is 0 Å². The van der Waals surface area contributed by atoms with Gasteiger partial charge in [-0.2, -0.15) is 0 Å². The summed E-state index contributed by atoms with van der Waals surface area (Å²) >= 11 is 0. The van der Waals surface area contributed by atoms with E-state index in [0.29, 0.717) is 19.5 Å². The number of hydrogen-bond acceptors (Lipinski definition) is 15. The Morgan fingerprint density at radius 1 is 0.938 bits per heavy atom. The summed E-state index contributed by atoms with van der Waals surface area (Å²) in [5.41, 5.74) is -3.71. The summed E-state index contributed by atoms with van der Waals surface area (Å²) in [6.07, 6.45) is -9.11. The maximum Gasteiger partial charge on any atom is 0.315 e. The molecule has 0 unspecified atom stereocenters. The molecule has 1 aromatic rings. The van der Waals surface area contributed by atoms with E-state index in [0.717, 1.165) is 5.56 Å². The highest BCUT2D eigenvalue weighted by Gasteiger charge is 2.53. The van der Waals surface area contributed by atoms with Crippen LogP contribution in [0.3, 0.4) is 0 Å². The number of urea groups is 1. The second-order valence-electron chi connectivity index (χ2n) is 19.8. The first kappa shape index (κ1) is 54.1. The number of nitrogens with one attached hydrogen (secondary N) is 2. The van der Waals surface area contributed by atoms with Crippen LogP contribution in [-0.4, -0.2) is 178 Å². The number of ether oxygens (including phenoxy) is 6. The minimum Gasteiger partial charge on any atom is -0.459 e. The average Bonchev–Trinajstić information content (AvgIpc) is 3.23. The molecule has 18 atom stereocenters. The minimum absolute atomic E-state index is 0.0984. The van der Waals surface area contributed by atoms with E-state index in [4.69, 9.17) is 28.4 Å². The fourth-order valence-corrected chi connectivity index (χ4v) is 10.1. The molecule has 0 saturated carbocycles. The molecule has 3 aliphatic heterocycles. The highest BCUT2D eigenvalue weighted by atomic mass is 16.7. The van der Waals surface area contributed by atoms with E-state index in [2.05, 4.69) is 10.6 Å². The van der Waals surface area contributed by atoms with Crippen molar-refractivity contribution in [2.24, 2.45) is 17.8 Å². The number of likely N-dealkylation sites (N-methyl/N-ethyl adjacent to an activating group) is 1. The number of nitrogens with zero attached hydrogens (tertiary/aromatic N) is 2. The van der Waals surface area contributed by atoms with Crippen LogP contribution >= 0.6 is 0 Å². The number of cyclic esters (lactones) is 1. The molecule has 368 valence electrons. The first-order valence-corrected chi connectivity index (χ1v) is 23.2. The Kier molecular flexibility index (Phi) is 19.4. The molecule has 0 radical (unpaired) electrons. The van der Waals surface area contributed by atoms with Crippen molar-refractivity contribution < 1.29 is 63.5 Å². The van der Waals surface area contributed by atoms with Crippen LogP contribution in [0.15, 0.2) is 30.3 Å². The smallest absolute Gasteiger partial charge is 0.315 e. The normalized spacial score (nSPS) is 42.3. The van der Waals surface area contributed by atoms with Crippen LogP contribution in [0, 0.1) is 17.8 Å². The molecule has 0 aliphatic carbocycles. The van der Waals surface area contributed by atoms with Crippen molar-refractivity contribution in [1.29, 1.82) is 0 Å². The SMILES string of the molecule is CC[C@H]1OC(=O)[C@H](C)[C@@H](O[C@@H]2C[C@@](C)(OC)[C@@H](O)[C@H](C)O2)[C@H](C)[C@@H](O[C@@H]2O[C@H](C)C[C@H](N(C)C)[C@H]2O)[C@](C)(O)C[C@@H](C)CN(CCNC(=O)NCc2ccccc2)[C@H](C)[C@@H](O)[C@]1(C)O. The number of aliphatic hydroxyl groups is 5. The Hall–Kier alpha value is -2.52. The molecule has 0 bridgehead atoms. The van der Waals surface area contributed by atoms with Gasteiger partial charge in [0.15, 0.2) is 12.6 Å². The lowest BCUT2D eigenvalue weighted by molar-refractivity contribution is -0.318. The molecule has 4 rings (SSSR count). The van der Waals surface area contributed by atoms with Crippen LogP contribution in [0.25, 0.3) is 0 Å². The Bertz CT molecular complexity index is 1610. The number of methoxy groups -OCH3 is 1. The van der Waals surface area contributed by atoms with Crippen molar-refractivity contribution in [2.75, 3.05) is 40.8 Å². The third-order valence-electron chi connectivity index (χ3n) is 14.0. The second kappa shape index (κ2) is 23.0. The standard InChI is InChI=1S/C47H82N4O13/c1-14-35-47(10,58)39(53)31(6)51(21-20-48-44(56)49-25-33-18-16-15-17-19-33)26-27(2)23-45(8,57)41(64-43-37(52)34(50(11)12)22-28(3)60-43)29(4)38(30(5)42(55)62-35)63-36-24-46(9,59-13)40(54)32(7)61-36/h15-19,27-32,34-41,43,52-54,57-58H,14,20-26H2,1-13H3,(H2,48,49,56)/t27-,28-,29+,30-,31-,32+,34+,35-,36-,37-,38+,39-,40+,41-,43+,45-,46-,47-/m1/s1. The van der Waals surface area contributed by atoms with Crippen LogP contribution in [-0.2, 0) is 39.8 Å². The van der Waals surface area contributed by atoms with Gasteiger partial charge in [-0.05, 0) is 93.3 Å². The summed E-state index contributed by atoms with van der Waals surface area (Å²) in [6, 6.07) is 8.12. The molecular weight excluding hydrogens is 829 g/mol. The fourth-order valence-electron chi connectivity index (χ4n) is 10.1. The van der Waals surface area contributed by atoms with Crippen LogP contribution in [0.5, 0.6) is 0 Å². The number of carbonyl (C=O) groups excluding carboxylic acids is 2. The highest BCUT2D eigenvalue weighted by molar-refractivity contribution is 5.74. The van der Waals surface area contributed by atoms with Crippen molar-refractivity contribution in [1.82, 2.24) is 20.4 Å². The van der Waals surface area contributed by atoms with E-state index in [1.165, 1.54) is 14.0 Å². The zero-order valence-corrected chi connectivity index (χ0v) is 40.6. The van der Waals surface area contributed by atoms with E-state index < -0.39 is 96.0 Å². The Morgan fingerprint density at radius 3 is 2.20 bits per heavy atom. The van der Waals surface area contributed by atoms with Gasteiger partial charge in [-0.1, -0.05) is 51.1 Å². The van der Waals surface area contributed by atoms with Gasteiger partial charge >= 0.3 is 12.0 Å². The lowest BCUT2D eigenvalue weighted by Gasteiger charge is -2.48. The van der Waals surface area contributed by atoms with E-state index in [-0.39, 0.29) is 56.4 Å². The van der Waals surface area contributed by atoms with Gasteiger partial charge in [0.05, 0.1) is 41.5 Å². The van der Waals surface area contributed by atoms with Crippen LogP contribution in [0.4, 0.5) is 4.79 Å². The summed E-state index contributed by atoms with van der Waals surface area (Å²) in [4.78, 5) is 31.2. The lowest BCUT2D eigenvalue weighted by atomic mass is 9.77. The Balaban J connectivity index is 1.75. The predicted molar refractivity (Wildman–Crippen MR) is 240 cm³/mol. The van der Waals surface area contributed by atoms with Gasteiger partial charge in [0.25, 0.3) is 0 Å². The van der Waals surface area contributed by atoms with E-state index in [9.17, 15) is 35.1 Å². The number of esters is 1. The van der Waals surface area contributed by atoms with Crippen LogP contribution in [0.1, 0.15) is 100 Å². The zero-order chi connectivity index (χ0) is 47.9. The monoisotopic (exact) mass is 911 g/mol. The number of rotatable bonds is 12. The van der Waals surface area contributed by atoms with Crippen molar-refractivity contribution >= 4 is 12.0 Å². The number of benzene rings is 1. The highest BCUT2D eigenvalue weighted by Crippen LogP contribution is 2.40. The maximum atomic E-state index is 14.5. The minimum atomic E-state index is -1.93. The molecule has 2 amide bonds. The largest absolute Gasteiger partial charge is 0.459 e. The third kappa shape index (κ3) is 13.3. The van der Waals surface area contributed by atoms with Crippen LogP contribution < -0.4 is 10.6 Å². The number of amides is 2. The Morgan fingerprint density at radius 2 is 1.59 bits per heavy atom. The van der Waals surface area contributed by atoms with Gasteiger partial charge in [-0.25, -0.2) is 4.79 Å². The van der Waals surface area contributed by atoms with Gasteiger partial charge in [-0.15, -0.1) is 0 Å². The molecule has 0 aromatic heterocycles. The van der Waals surface area contributed by atoms with E-state index in [1.54, 1.807) is 48.5 Å². The van der Waals surface area contributed by atoms with E-state index >= 15 is 0 Å². The molecule has 64 heavy (non-hydrogen) atoms. The Labute approximate surface area is 381 Å². The van der Waals surface area contributed by atoms with Crippen LogP contribution in [0.2, 0.25) is 0 Å². The first-order valence-electron chi connectivity index (χ1n) is 23.2. The lowest BCUT2D eigenvalue weighted by Crippen LogP contribution is -2.60. The molecular formula is C47H82N4O13. The molecule has 3 fully saturated rings. The number of carbonyl (C=O) groups is 2. The molecule has 3 saturated heterocycles. The molecule has 17 heteroatoms. The van der Waals surface area contributed by atoms with Gasteiger partial charge in [0.2, 0.25) is 0 Å². The van der Waals surface area contributed by atoms with Crippen molar-refractivity contribution in [3.8, 4) is 0 Å². The molecule has 1 aromatic carbocycles. The van der Waals surface area contributed by atoms with E-state index in [1.807, 2.05) is 68.1 Å². The first-order chi connectivity index (χ1) is 29.9. The molecule has 3 aliphatic rings. The summed E-state index contributed by atoms with van der Waals surface area (Å²) in [5, 5.41) is 65.5. The molecule has 17 nitrogen and oxygen atoms in total. The maximum absolute atomic E-state index is 14.5. The third-order valence-corrected chi connectivity index (χ3v) is 14.0. The van der Waals surface area contributed by atoms with Gasteiger partial charge in [0.1, 0.15) is 30.0 Å². The van der Waals surface area contributed by atoms with Gasteiger partial charge in [0, 0.05) is 57.7 Å². The quantitative estimate of drug-likeness (QED) is 0.150. The van der Waals surface area contributed by atoms with Gasteiger partial charge < -0.3 is 69.5 Å². The fraction of sp³-hybridized carbons (Fsp3) is 0.830. The van der Waals surface area contributed by atoms with Crippen molar-refractivity contribution in [2.45, 2.75) is 192 Å². The summed E-state index contributed by atoms with van der Waals surface area (Å²) in [6.45, 7) is 18.5. The van der Waals surface area contributed by atoms with Gasteiger partial charge in [-0.3, -0.25) is 9.69 Å². The topological polar surface area (TPSA) is 221 Å². The predicted octanol–water partition coefficient (Wildman–Crippen LogP) is 2.77.